The lowest BCUT2D eigenvalue weighted by atomic mass is 9.44. The van der Waals surface area contributed by atoms with E-state index in [-0.39, 0.29) is 12.3 Å². The molecule has 0 radical (unpaired) electrons. The molecule has 0 spiro atoms. The molecule has 15 rings (SSSR count). The Morgan fingerprint density at radius 2 is 0.971 bits per heavy atom. The molecule has 4 fully saturated rings. The molecule has 2 aliphatic heterocycles. The van der Waals surface area contributed by atoms with Crippen molar-refractivity contribution in [1.29, 1.82) is 0 Å². The van der Waals surface area contributed by atoms with Crippen LogP contribution in [0.4, 0.5) is 17.1 Å². The average Bonchev–Trinajstić information content (AvgIpc) is 3.74. The second-order valence-corrected chi connectivity index (χ2v) is 22.4. The maximum atomic E-state index is 2.84. The van der Waals surface area contributed by atoms with E-state index in [2.05, 4.69) is 185 Å². The Kier molecular flexibility index (Phi) is 9.04. The highest BCUT2D eigenvalue weighted by molar-refractivity contribution is 6.90. The summed E-state index contributed by atoms with van der Waals surface area (Å²) < 4.78 is 2.84. The normalized spacial score (nSPS) is 23.2. The van der Waals surface area contributed by atoms with E-state index in [9.17, 15) is 0 Å². The molecule has 69 heavy (non-hydrogen) atoms. The van der Waals surface area contributed by atoms with Gasteiger partial charge in [0.15, 0.2) is 0 Å². The second kappa shape index (κ2) is 15.5. The number of rotatable bonds is 6. The van der Waals surface area contributed by atoms with E-state index in [1.165, 1.54) is 184 Å². The highest BCUT2D eigenvalue weighted by Gasteiger charge is 2.47. The van der Waals surface area contributed by atoms with Gasteiger partial charge in [0.05, 0.1) is 0 Å². The molecule has 2 nitrogen and oxygen atoms in total. The van der Waals surface area contributed by atoms with E-state index < -0.39 is 0 Å². The summed E-state index contributed by atoms with van der Waals surface area (Å²) in [4.78, 5) is 2.61. The SMILES string of the molecule is c1ccc(-c2ccc(N3c4ccc(-c5ccccc5)cc4B4c5c(cc(-c6ccccc6)cc53)-c3cc(C56CCCC(CCC5)C6)cc5c6cc(C78CCCC(CCC7)C8)ccc6n4c35)cc2)cc1. The standard InChI is InChI=1S/C66H59BN2/c1-4-18-46(19-5-1)49-24-28-54(29-25-49)68-61-30-26-50(47-20-6-2-7-21-47)37-59(61)67-63-56(36-51(38-62(63)68)48-22-8-3-9-23-48)58-41-53(66-34-12-16-45(43-66)17-13-35-66)40-57-55-39-52(27-31-60(55)69(67)64(57)58)65-32-10-14-44(42-65)15-11-33-65/h1-9,18-31,36-41,44-45H,10-17,32-35,42-43H2. The number of anilines is 3. The Morgan fingerprint density at radius 1 is 0.420 bits per heavy atom. The third-order valence-corrected chi connectivity index (χ3v) is 18.8. The van der Waals surface area contributed by atoms with Gasteiger partial charge in [0.25, 0.3) is 0 Å². The van der Waals surface area contributed by atoms with Gasteiger partial charge in [0.2, 0.25) is 0 Å². The number of hydrogen-bond acceptors (Lipinski definition) is 1. The summed E-state index contributed by atoms with van der Waals surface area (Å²) in [5, 5.41) is 2.96. The Balaban J connectivity index is 1.05. The van der Waals surface area contributed by atoms with Crippen LogP contribution in [0.1, 0.15) is 101 Å². The van der Waals surface area contributed by atoms with Gasteiger partial charge < -0.3 is 9.38 Å². The fourth-order valence-corrected chi connectivity index (χ4v) is 15.7. The van der Waals surface area contributed by atoms with Gasteiger partial charge >= 0.3 is 6.85 Å². The number of nitrogens with zero attached hydrogens (tertiary/aromatic N) is 2. The summed E-state index contributed by atoms with van der Waals surface area (Å²) in [5.41, 5.74) is 23.5. The van der Waals surface area contributed by atoms with Crippen LogP contribution in [0.5, 0.6) is 0 Å². The summed E-state index contributed by atoms with van der Waals surface area (Å²) >= 11 is 0. The summed E-state index contributed by atoms with van der Waals surface area (Å²) in [6.45, 7) is -0.0127. The van der Waals surface area contributed by atoms with Crippen molar-refractivity contribution < 1.29 is 0 Å². The van der Waals surface area contributed by atoms with Crippen LogP contribution in [-0.4, -0.2) is 11.3 Å². The Labute approximate surface area is 408 Å². The van der Waals surface area contributed by atoms with Crippen molar-refractivity contribution in [3.63, 3.8) is 0 Å². The molecule has 0 unspecified atom stereocenters. The number of benzene rings is 8. The van der Waals surface area contributed by atoms with E-state index in [1.54, 1.807) is 11.1 Å². The van der Waals surface area contributed by atoms with E-state index in [1.807, 2.05) is 0 Å². The first-order valence-electron chi connectivity index (χ1n) is 26.6. The summed E-state index contributed by atoms with van der Waals surface area (Å²) in [5.74, 6) is 1.74. The lowest BCUT2D eigenvalue weighted by Crippen LogP contribution is -2.56. The zero-order valence-corrected chi connectivity index (χ0v) is 39.8. The van der Waals surface area contributed by atoms with Crippen molar-refractivity contribution in [1.82, 2.24) is 4.48 Å². The van der Waals surface area contributed by atoms with Crippen molar-refractivity contribution in [2.24, 2.45) is 11.8 Å². The first kappa shape index (κ1) is 40.3. The molecule has 3 heteroatoms. The minimum absolute atomic E-state index is 0.0127. The van der Waals surface area contributed by atoms with Crippen LogP contribution in [-0.2, 0) is 10.8 Å². The maximum absolute atomic E-state index is 2.84. The number of aromatic nitrogens is 1. The molecule has 0 amide bonds. The molecule has 6 aliphatic rings. The maximum Gasteiger partial charge on any atom is 0.333 e. The Hall–Kier alpha value is -6.58. The molecule has 4 aliphatic carbocycles. The van der Waals surface area contributed by atoms with Gasteiger partial charge in [-0.1, -0.05) is 173 Å². The van der Waals surface area contributed by atoms with Gasteiger partial charge in [-0.05, 0) is 177 Å². The van der Waals surface area contributed by atoms with E-state index >= 15 is 0 Å². The molecule has 4 bridgehead atoms. The molecule has 0 atom stereocenters. The molecule has 4 saturated carbocycles. The summed E-state index contributed by atoms with van der Waals surface area (Å²) in [6.07, 6.45) is 19.1. The van der Waals surface area contributed by atoms with Gasteiger partial charge in [-0.2, -0.15) is 0 Å². The predicted molar refractivity (Wildman–Crippen MR) is 291 cm³/mol. The monoisotopic (exact) mass is 890 g/mol. The third-order valence-electron chi connectivity index (χ3n) is 18.8. The van der Waals surface area contributed by atoms with E-state index in [0.717, 1.165) is 11.8 Å². The lowest BCUT2D eigenvalue weighted by Gasteiger charge is -2.46. The lowest BCUT2D eigenvalue weighted by molar-refractivity contribution is 0.149. The van der Waals surface area contributed by atoms with Crippen LogP contribution in [0, 0.1) is 11.8 Å². The van der Waals surface area contributed by atoms with Crippen LogP contribution < -0.4 is 15.8 Å². The largest absolute Gasteiger partial charge is 0.375 e. The van der Waals surface area contributed by atoms with Crippen LogP contribution in [0.25, 0.3) is 66.3 Å². The van der Waals surface area contributed by atoms with E-state index in [0.29, 0.717) is 5.41 Å². The molecule has 0 N–H and O–H groups in total. The third kappa shape index (κ3) is 6.17. The molecular weight excluding hydrogens is 832 g/mol. The molecule has 1 aromatic heterocycles. The van der Waals surface area contributed by atoms with Crippen LogP contribution in [0.3, 0.4) is 0 Å². The zero-order valence-electron chi connectivity index (χ0n) is 39.8. The Bertz CT molecular complexity index is 3460. The van der Waals surface area contributed by atoms with Crippen molar-refractivity contribution in [2.75, 3.05) is 4.90 Å². The van der Waals surface area contributed by atoms with Crippen LogP contribution in [0.15, 0.2) is 176 Å². The molecule has 0 saturated heterocycles. The van der Waals surface area contributed by atoms with Crippen molar-refractivity contribution in [2.45, 2.75) is 101 Å². The summed E-state index contributed by atoms with van der Waals surface area (Å²) in [6, 6.07) is 68.4. The van der Waals surface area contributed by atoms with Crippen LogP contribution in [0.2, 0.25) is 0 Å². The van der Waals surface area contributed by atoms with Crippen molar-refractivity contribution in [3.8, 4) is 44.5 Å². The molecule has 3 heterocycles. The smallest absolute Gasteiger partial charge is 0.333 e. The highest BCUT2D eigenvalue weighted by atomic mass is 15.2. The fourth-order valence-electron chi connectivity index (χ4n) is 15.7. The zero-order chi connectivity index (χ0) is 45.3. The van der Waals surface area contributed by atoms with Crippen molar-refractivity contribution in [3.05, 3.63) is 187 Å². The van der Waals surface area contributed by atoms with Gasteiger partial charge in [-0.15, -0.1) is 0 Å². The average molecular weight is 891 g/mol. The Morgan fingerprint density at radius 3 is 1.61 bits per heavy atom. The molecule has 336 valence electrons. The first-order chi connectivity index (χ1) is 34.1. The number of fused-ring (bicyclic) bond motifs is 11. The fraction of sp³-hybridized carbons (Fsp3) is 0.273. The van der Waals surface area contributed by atoms with E-state index in [4.69, 9.17) is 0 Å². The highest BCUT2D eigenvalue weighted by Crippen LogP contribution is 2.56. The first-order valence-corrected chi connectivity index (χ1v) is 26.6. The molecule has 8 aromatic carbocycles. The van der Waals surface area contributed by atoms with Gasteiger partial charge in [0.1, 0.15) is 0 Å². The minimum Gasteiger partial charge on any atom is -0.375 e. The quantitative estimate of drug-likeness (QED) is 0.151. The van der Waals surface area contributed by atoms with Gasteiger partial charge in [-0.25, -0.2) is 0 Å². The van der Waals surface area contributed by atoms with Crippen molar-refractivity contribution >= 4 is 56.6 Å². The number of hydrogen-bond donors (Lipinski definition) is 0. The molecular formula is C66H59BN2. The summed E-state index contributed by atoms with van der Waals surface area (Å²) in [7, 11) is 0. The minimum atomic E-state index is -0.0127. The second-order valence-electron chi connectivity index (χ2n) is 22.4. The molecule has 9 aromatic rings. The topological polar surface area (TPSA) is 8.17 Å². The van der Waals surface area contributed by atoms with Crippen LogP contribution >= 0.6 is 0 Å². The van der Waals surface area contributed by atoms with Gasteiger partial charge in [0, 0.05) is 44.4 Å². The predicted octanol–water partition coefficient (Wildman–Crippen LogP) is 16.4. The van der Waals surface area contributed by atoms with Gasteiger partial charge in [-0.3, -0.25) is 0 Å².